The molecule has 0 aliphatic rings. The molecule has 0 aromatic carbocycles. The third-order valence-corrected chi connectivity index (χ3v) is 4.59. The Hall–Kier alpha value is 0.276. The van der Waals surface area contributed by atoms with Gasteiger partial charge in [-0.2, -0.15) is 6.54 Å². The van der Waals surface area contributed by atoms with Gasteiger partial charge < -0.3 is 15.9 Å². The van der Waals surface area contributed by atoms with Crippen molar-refractivity contribution in [2.75, 3.05) is 6.54 Å². The van der Waals surface area contributed by atoms with Crippen molar-refractivity contribution in [2.45, 2.75) is 110 Å². The van der Waals surface area contributed by atoms with E-state index in [1.807, 2.05) is 0 Å². The number of rotatable bonds is 18. The van der Waals surface area contributed by atoms with Crippen LogP contribution in [-0.2, 0) is 9.59 Å². The van der Waals surface area contributed by atoms with Crippen molar-refractivity contribution in [3.8, 4) is 0 Å². The molecule has 0 fully saturated rings. The fourth-order valence-electron chi connectivity index (χ4n) is 2.72. The van der Waals surface area contributed by atoms with E-state index in [1.165, 1.54) is 90.4 Å². The summed E-state index contributed by atoms with van der Waals surface area (Å²) in [6, 6.07) is 0. The Kier molecular flexibility index (Phi) is 33.1. The monoisotopic (exact) mass is 437 g/mol. The number of allylic oxidation sites excluding steroid dienone is 2. The summed E-state index contributed by atoms with van der Waals surface area (Å²) in [5.41, 5.74) is 7.07. The van der Waals surface area contributed by atoms with Crippen LogP contribution in [0.15, 0.2) is 12.2 Å². The second-order valence-corrected chi connectivity index (χ2v) is 7.52. The molecule has 29 heavy (non-hydrogen) atoms. The molecule has 3 N–H and O–H groups in total. The molecule has 0 aromatic rings. The normalized spacial score (nSPS) is 11.4. The Morgan fingerprint density at radius 3 is 1.55 bits per heavy atom. The van der Waals surface area contributed by atoms with E-state index in [0.717, 1.165) is 6.42 Å². The summed E-state index contributed by atoms with van der Waals surface area (Å²) in [7, 11) is 0. The fourth-order valence-corrected chi connectivity index (χ4v) is 2.72. The minimum absolute atomic E-state index is 0. The third kappa shape index (κ3) is 33.1. The predicted octanol–water partition coefficient (Wildman–Crippen LogP) is 4.26. The summed E-state index contributed by atoms with van der Waals surface area (Å²) in [4.78, 5) is 19.8. The first-order valence-corrected chi connectivity index (χ1v) is 11.2. The number of unbranched alkanes of at least 4 members (excludes halogenated alkanes) is 12. The molecule has 0 heterocycles. The number of carboxylic acid groups (broad SMARTS) is 2. The van der Waals surface area contributed by atoms with Crippen molar-refractivity contribution in [1.82, 2.24) is 0 Å². The van der Waals surface area contributed by atoms with Crippen LogP contribution in [-0.4, -0.2) is 28.7 Å². The molecule has 0 saturated heterocycles. The average Bonchev–Trinajstić information content (AvgIpc) is 2.65. The standard InChI is InChI=1S/C18H36N.C5H8O4.K/c1-2-3-4-5-6-7-8-9-10-11-12-13-14-15-16-17-18-19;1-3(5(8)9)2-4(6)7;/h9-10,19H,2-8,11-18H2,1H3;3H,2H2,1H3,(H,6,7)(H,8,9);/q-1;;+1. The molecule has 0 radical (unpaired) electrons. The van der Waals surface area contributed by atoms with Crippen LogP contribution in [0.3, 0.4) is 0 Å². The topological polar surface area (TPSA) is 98.4 Å². The van der Waals surface area contributed by atoms with Crippen molar-refractivity contribution in [3.63, 3.8) is 0 Å². The molecule has 0 amide bonds. The van der Waals surface area contributed by atoms with E-state index in [0.29, 0.717) is 6.54 Å². The average molecular weight is 438 g/mol. The van der Waals surface area contributed by atoms with Gasteiger partial charge in [-0.25, -0.2) is 0 Å². The maximum atomic E-state index is 9.97. The van der Waals surface area contributed by atoms with E-state index < -0.39 is 17.9 Å². The third-order valence-electron chi connectivity index (χ3n) is 4.59. The molecule has 0 spiro atoms. The van der Waals surface area contributed by atoms with E-state index in [4.69, 9.17) is 15.9 Å². The Morgan fingerprint density at radius 2 is 1.21 bits per heavy atom. The number of carbonyl (C=O) groups is 2. The van der Waals surface area contributed by atoms with Crippen molar-refractivity contribution in [3.05, 3.63) is 17.9 Å². The summed E-state index contributed by atoms with van der Waals surface area (Å²) < 4.78 is 0. The summed E-state index contributed by atoms with van der Waals surface area (Å²) in [6.07, 6.45) is 23.2. The summed E-state index contributed by atoms with van der Waals surface area (Å²) >= 11 is 0. The molecule has 5 nitrogen and oxygen atoms in total. The second-order valence-electron chi connectivity index (χ2n) is 7.52. The number of aliphatic carboxylic acids is 2. The summed E-state index contributed by atoms with van der Waals surface area (Å²) in [5.74, 6) is -2.94. The largest absolute Gasteiger partial charge is 1.00 e. The van der Waals surface area contributed by atoms with Crippen molar-refractivity contribution in [1.29, 1.82) is 0 Å². The zero-order valence-electron chi connectivity index (χ0n) is 19.3. The van der Waals surface area contributed by atoms with Crippen molar-refractivity contribution in [2.24, 2.45) is 5.92 Å². The molecule has 0 aromatic heterocycles. The van der Waals surface area contributed by atoms with Gasteiger partial charge in [-0.1, -0.05) is 90.2 Å². The molecule has 0 rings (SSSR count). The van der Waals surface area contributed by atoms with Crippen LogP contribution in [0.1, 0.15) is 110 Å². The van der Waals surface area contributed by atoms with Gasteiger partial charge in [0.15, 0.2) is 0 Å². The number of carboxylic acids is 2. The van der Waals surface area contributed by atoms with Gasteiger partial charge in [0.05, 0.1) is 12.3 Å². The molecule has 0 aliphatic carbocycles. The maximum Gasteiger partial charge on any atom is 1.00 e. The molecule has 6 heteroatoms. The number of hydrogen-bond donors (Lipinski definition) is 2. The van der Waals surface area contributed by atoms with Gasteiger partial charge in [-0.05, 0) is 25.7 Å². The summed E-state index contributed by atoms with van der Waals surface area (Å²) in [5, 5.41) is 16.2. The zero-order valence-corrected chi connectivity index (χ0v) is 22.4. The van der Waals surface area contributed by atoms with Gasteiger partial charge in [0, 0.05) is 0 Å². The Morgan fingerprint density at radius 1 is 0.793 bits per heavy atom. The SMILES string of the molecule is CC(CC(=O)O)C(=O)O.CCCCCCCCC=CCCCCCCCC[NH-].[K+]. The quantitative estimate of drug-likeness (QED) is 0.190. The van der Waals surface area contributed by atoms with Gasteiger partial charge in [-0.3, -0.25) is 9.59 Å². The molecule has 0 bridgehead atoms. The minimum Gasteiger partial charge on any atom is -0.677 e. The Bertz CT molecular complexity index is 389. The molecular formula is C23H44KNO4. The zero-order chi connectivity index (χ0) is 21.5. The van der Waals surface area contributed by atoms with Gasteiger partial charge >= 0.3 is 63.3 Å². The number of hydrogen-bond acceptors (Lipinski definition) is 2. The maximum absolute atomic E-state index is 9.97. The van der Waals surface area contributed by atoms with E-state index in [-0.39, 0.29) is 57.8 Å². The smallest absolute Gasteiger partial charge is 0.677 e. The molecule has 1 unspecified atom stereocenters. The molecule has 1 atom stereocenters. The van der Waals surface area contributed by atoms with E-state index in [2.05, 4.69) is 19.1 Å². The summed E-state index contributed by atoms with van der Waals surface area (Å²) in [6.45, 7) is 4.25. The molecular weight excluding hydrogens is 393 g/mol. The number of nitrogens with one attached hydrogen (secondary N) is 1. The van der Waals surface area contributed by atoms with Gasteiger partial charge in [0.1, 0.15) is 0 Å². The predicted molar refractivity (Wildman–Crippen MR) is 118 cm³/mol. The van der Waals surface area contributed by atoms with Gasteiger partial charge in [-0.15, -0.1) is 0 Å². The van der Waals surface area contributed by atoms with E-state index in [1.54, 1.807) is 0 Å². The van der Waals surface area contributed by atoms with Crippen LogP contribution in [0.4, 0.5) is 0 Å². The van der Waals surface area contributed by atoms with Gasteiger partial charge in [0.25, 0.3) is 0 Å². The van der Waals surface area contributed by atoms with E-state index >= 15 is 0 Å². The molecule has 166 valence electrons. The second kappa shape index (κ2) is 28.3. The van der Waals surface area contributed by atoms with Crippen LogP contribution in [0, 0.1) is 5.92 Å². The van der Waals surface area contributed by atoms with Crippen LogP contribution < -0.4 is 51.4 Å². The minimum atomic E-state index is -1.08. The van der Waals surface area contributed by atoms with Crippen LogP contribution in [0.5, 0.6) is 0 Å². The molecule has 0 aliphatic heterocycles. The van der Waals surface area contributed by atoms with Crippen LogP contribution in [0.2, 0.25) is 0 Å². The molecule has 0 saturated carbocycles. The van der Waals surface area contributed by atoms with Crippen LogP contribution >= 0.6 is 0 Å². The first kappa shape index (κ1) is 33.9. The van der Waals surface area contributed by atoms with Crippen molar-refractivity contribution >= 4 is 11.9 Å². The Balaban J connectivity index is -0.000000572. The van der Waals surface area contributed by atoms with Crippen molar-refractivity contribution < 1.29 is 71.2 Å². The fraction of sp³-hybridized carbons (Fsp3) is 0.826. The van der Waals surface area contributed by atoms with Gasteiger partial charge in [0.2, 0.25) is 0 Å². The van der Waals surface area contributed by atoms with Crippen LogP contribution in [0.25, 0.3) is 5.73 Å². The first-order chi connectivity index (χ1) is 13.5. The first-order valence-electron chi connectivity index (χ1n) is 11.2. The Labute approximate surface area is 221 Å². The van der Waals surface area contributed by atoms with E-state index in [9.17, 15) is 9.59 Å².